The Morgan fingerprint density at radius 2 is 2.33 bits per heavy atom. The van der Waals surface area contributed by atoms with Crippen molar-refractivity contribution in [3.05, 3.63) is 29.3 Å². The molecule has 0 radical (unpaired) electrons. The van der Waals surface area contributed by atoms with Gasteiger partial charge in [-0.2, -0.15) is 4.39 Å². The van der Waals surface area contributed by atoms with E-state index in [0.29, 0.717) is 11.1 Å². The fraction of sp³-hybridized carbons (Fsp3) is 0.375. The summed E-state index contributed by atoms with van der Waals surface area (Å²) in [6, 6.07) is 1.50. The van der Waals surface area contributed by atoms with Crippen LogP contribution in [-0.4, -0.2) is 17.2 Å². The van der Waals surface area contributed by atoms with Crippen molar-refractivity contribution in [2.24, 2.45) is 0 Å². The first-order valence-corrected chi connectivity index (χ1v) is 3.48. The maximum Gasteiger partial charge on any atom is 0.215 e. The molecule has 3 nitrogen and oxygen atoms in total. The van der Waals surface area contributed by atoms with Gasteiger partial charge in [-0.15, -0.1) is 0 Å². The number of aromatic nitrogens is 1. The second-order valence-corrected chi connectivity index (χ2v) is 2.46. The minimum Gasteiger partial charge on any atom is -0.364 e. The number of aliphatic hydroxyl groups excluding tert-OH is 1. The molecule has 0 saturated carbocycles. The lowest BCUT2D eigenvalue weighted by Gasteiger charge is -2.08. The Bertz CT molecular complexity index is 278. The molecule has 0 spiro atoms. The Labute approximate surface area is 69.8 Å². The van der Waals surface area contributed by atoms with Crippen LogP contribution >= 0.6 is 0 Å². The van der Waals surface area contributed by atoms with Crippen molar-refractivity contribution in [2.75, 3.05) is 7.11 Å². The van der Waals surface area contributed by atoms with E-state index in [4.69, 9.17) is 5.11 Å². The summed E-state index contributed by atoms with van der Waals surface area (Å²) in [6.45, 7) is 1.58. The van der Waals surface area contributed by atoms with Gasteiger partial charge >= 0.3 is 0 Å². The normalized spacial score (nSPS) is 13.0. The third-order valence-electron chi connectivity index (χ3n) is 1.54. The van der Waals surface area contributed by atoms with Crippen LogP contribution in [0.5, 0.6) is 0 Å². The largest absolute Gasteiger partial charge is 0.364 e. The molecular weight excluding hydrogens is 161 g/mol. The number of rotatable bonds is 2. The third kappa shape index (κ3) is 1.78. The topological polar surface area (TPSA) is 42.4 Å². The van der Waals surface area contributed by atoms with E-state index in [0.717, 1.165) is 0 Å². The lowest BCUT2D eigenvalue weighted by Crippen LogP contribution is -2.01. The third-order valence-corrected chi connectivity index (χ3v) is 1.54. The van der Waals surface area contributed by atoms with Crippen molar-refractivity contribution in [1.29, 1.82) is 0 Å². The molecule has 1 aromatic heterocycles. The molecule has 0 bridgehead atoms. The monoisotopic (exact) mass is 171 g/mol. The Hall–Kier alpha value is -1.00. The summed E-state index contributed by atoms with van der Waals surface area (Å²) in [7, 11) is 1.36. The van der Waals surface area contributed by atoms with Gasteiger partial charge in [0.25, 0.3) is 0 Å². The van der Waals surface area contributed by atoms with Gasteiger partial charge in [0, 0.05) is 24.4 Å². The maximum absolute atomic E-state index is 12.6. The molecule has 0 aliphatic rings. The van der Waals surface area contributed by atoms with Gasteiger partial charge in [-0.05, 0) is 13.0 Å². The van der Waals surface area contributed by atoms with E-state index in [2.05, 4.69) is 9.72 Å². The van der Waals surface area contributed by atoms with E-state index in [1.807, 2.05) is 0 Å². The number of hydrogen-bond donors (Lipinski definition) is 1. The summed E-state index contributed by atoms with van der Waals surface area (Å²) in [5.41, 5.74) is 0.847. The summed E-state index contributed by atoms with van der Waals surface area (Å²) in [4.78, 5) is 3.44. The van der Waals surface area contributed by atoms with E-state index in [9.17, 15) is 4.39 Å². The molecule has 1 atom stereocenters. The quantitative estimate of drug-likeness (QED) is 0.536. The second kappa shape index (κ2) is 3.60. The summed E-state index contributed by atoms with van der Waals surface area (Å²) >= 11 is 0. The fourth-order valence-electron chi connectivity index (χ4n) is 0.851. The van der Waals surface area contributed by atoms with Crippen LogP contribution in [0.1, 0.15) is 17.4 Å². The first kappa shape index (κ1) is 9.09. The molecule has 66 valence electrons. The molecule has 0 aliphatic carbocycles. The molecule has 0 saturated heterocycles. The van der Waals surface area contributed by atoms with Gasteiger partial charge in [0.1, 0.15) is 0 Å². The van der Waals surface area contributed by atoms with E-state index in [1.54, 1.807) is 6.92 Å². The minimum atomic E-state index is -1.03. The average molecular weight is 171 g/mol. The zero-order valence-corrected chi connectivity index (χ0v) is 6.91. The number of methoxy groups -OCH3 is 1. The standard InChI is InChI=1S/C8H10FNO2/c1-5-3-6(8(11)12-2)4-10-7(5)9/h3-4,8,11H,1-2H3. The van der Waals surface area contributed by atoms with Crippen LogP contribution in [0.15, 0.2) is 12.3 Å². The first-order chi connectivity index (χ1) is 5.65. The zero-order chi connectivity index (χ0) is 9.14. The molecule has 4 heteroatoms. The van der Waals surface area contributed by atoms with Gasteiger partial charge in [-0.25, -0.2) is 4.98 Å². The number of aliphatic hydroxyl groups is 1. The highest BCUT2D eigenvalue weighted by Gasteiger charge is 2.07. The highest BCUT2D eigenvalue weighted by atomic mass is 19.1. The number of pyridine rings is 1. The summed E-state index contributed by atoms with van der Waals surface area (Å²) in [5.74, 6) is -0.526. The van der Waals surface area contributed by atoms with Crippen LogP contribution in [-0.2, 0) is 4.74 Å². The fourth-order valence-corrected chi connectivity index (χ4v) is 0.851. The number of nitrogens with zero attached hydrogens (tertiary/aromatic N) is 1. The molecule has 12 heavy (non-hydrogen) atoms. The smallest absolute Gasteiger partial charge is 0.215 e. The van der Waals surface area contributed by atoms with Gasteiger partial charge in [0.05, 0.1) is 0 Å². The zero-order valence-electron chi connectivity index (χ0n) is 6.91. The molecule has 1 unspecified atom stereocenters. The van der Waals surface area contributed by atoms with Gasteiger partial charge in [-0.1, -0.05) is 0 Å². The highest BCUT2D eigenvalue weighted by molar-refractivity contribution is 5.18. The van der Waals surface area contributed by atoms with Gasteiger partial charge < -0.3 is 9.84 Å². The van der Waals surface area contributed by atoms with Crippen LogP contribution in [0.25, 0.3) is 0 Å². The summed E-state index contributed by atoms with van der Waals surface area (Å²) in [5, 5.41) is 9.16. The van der Waals surface area contributed by atoms with Crippen LogP contribution in [0.2, 0.25) is 0 Å². The number of hydrogen-bond acceptors (Lipinski definition) is 3. The minimum absolute atomic E-state index is 0.392. The molecular formula is C8H10FNO2. The van der Waals surface area contributed by atoms with Crippen molar-refractivity contribution in [1.82, 2.24) is 4.98 Å². The Morgan fingerprint density at radius 3 is 2.83 bits per heavy atom. The van der Waals surface area contributed by atoms with Gasteiger partial charge in [0.15, 0.2) is 6.29 Å². The summed E-state index contributed by atoms with van der Waals surface area (Å²) in [6.07, 6.45) is 0.216. The van der Waals surface area contributed by atoms with Crippen molar-refractivity contribution in [3.8, 4) is 0 Å². The lowest BCUT2D eigenvalue weighted by atomic mass is 10.2. The van der Waals surface area contributed by atoms with Gasteiger partial charge in [-0.3, -0.25) is 0 Å². The Morgan fingerprint density at radius 1 is 1.67 bits per heavy atom. The molecule has 0 amide bonds. The SMILES string of the molecule is COC(O)c1cnc(F)c(C)c1. The van der Waals surface area contributed by atoms with Crippen LogP contribution in [0.4, 0.5) is 4.39 Å². The number of halogens is 1. The second-order valence-electron chi connectivity index (χ2n) is 2.46. The van der Waals surface area contributed by atoms with Crippen LogP contribution in [0, 0.1) is 12.9 Å². The Balaban J connectivity index is 2.96. The molecule has 1 N–H and O–H groups in total. The van der Waals surface area contributed by atoms with Crippen LogP contribution < -0.4 is 0 Å². The predicted octanol–water partition coefficient (Wildman–Crippen LogP) is 1.17. The van der Waals surface area contributed by atoms with E-state index < -0.39 is 12.2 Å². The van der Waals surface area contributed by atoms with E-state index in [-0.39, 0.29) is 0 Å². The highest BCUT2D eigenvalue weighted by Crippen LogP contribution is 2.14. The average Bonchev–Trinajstić information content (AvgIpc) is 2.08. The predicted molar refractivity (Wildman–Crippen MR) is 40.9 cm³/mol. The van der Waals surface area contributed by atoms with E-state index >= 15 is 0 Å². The van der Waals surface area contributed by atoms with Crippen molar-refractivity contribution < 1.29 is 14.2 Å². The van der Waals surface area contributed by atoms with Crippen LogP contribution in [0.3, 0.4) is 0 Å². The van der Waals surface area contributed by atoms with E-state index in [1.165, 1.54) is 19.4 Å². The van der Waals surface area contributed by atoms with Crippen molar-refractivity contribution in [2.45, 2.75) is 13.2 Å². The lowest BCUT2D eigenvalue weighted by molar-refractivity contribution is -0.0772. The number of aryl methyl sites for hydroxylation is 1. The molecule has 0 aliphatic heterocycles. The number of ether oxygens (including phenoxy) is 1. The maximum atomic E-state index is 12.6. The van der Waals surface area contributed by atoms with Crippen molar-refractivity contribution >= 4 is 0 Å². The Kier molecular flexibility index (Phi) is 2.73. The van der Waals surface area contributed by atoms with Crippen molar-refractivity contribution in [3.63, 3.8) is 0 Å². The molecule has 1 rings (SSSR count). The molecule has 1 heterocycles. The summed E-state index contributed by atoms with van der Waals surface area (Å²) < 4.78 is 17.3. The van der Waals surface area contributed by atoms with Gasteiger partial charge in [0.2, 0.25) is 5.95 Å². The first-order valence-electron chi connectivity index (χ1n) is 3.48. The molecule has 0 aromatic carbocycles. The molecule has 0 fully saturated rings. The molecule has 1 aromatic rings.